The third kappa shape index (κ3) is 3.95. The van der Waals surface area contributed by atoms with Gasteiger partial charge in [-0.25, -0.2) is 0 Å². The fourth-order valence-electron chi connectivity index (χ4n) is 0.905. The van der Waals surface area contributed by atoms with E-state index in [1.807, 2.05) is 6.92 Å². The number of amides is 1. The molecule has 0 aromatic carbocycles. The Kier molecular flexibility index (Phi) is 4.50. The number of hydrogen-bond donors (Lipinski definition) is 2. The lowest BCUT2D eigenvalue weighted by atomic mass is 10.0. The van der Waals surface area contributed by atoms with Crippen molar-refractivity contribution in [3.05, 3.63) is 0 Å². The molecule has 1 amide bonds. The Hall–Kier alpha value is -1.01. The number of nitrogens with one attached hydrogen (secondary N) is 1. The van der Waals surface area contributed by atoms with Crippen LogP contribution < -0.4 is 11.1 Å². The average Bonchev–Trinajstić information content (AvgIpc) is 2.06. The molecule has 3 nitrogen and oxygen atoms in total. The lowest BCUT2D eigenvalue weighted by Crippen LogP contribution is -2.46. The molecule has 0 aliphatic carbocycles. The molecule has 0 aliphatic heterocycles. The number of nitrogens with two attached hydrogens (primary N) is 1. The first-order valence-corrected chi connectivity index (χ1v) is 4.46. The Bertz CT molecular complexity index is 211. The Labute approximate surface area is 80.1 Å². The zero-order valence-corrected chi connectivity index (χ0v) is 8.55. The molecule has 0 rings (SSSR count). The van der Waals surface area contributed by atoms with E-state index in [0.717, 1.165) is 6.42 Å². The highest BCUT2D eigenvalue weighted by molar-refractivity contribution is 5.80. The van der Waals surface area contributed by atoms with E-state index in [9.17, 15) is 4.79 Å². The molecular formula is C10H18N2O. The largest absolute Gasteiger partial charge is 0.340 e. The zero-order valence-electron chi connectivity index (χ0n) is 8.55. The maximum atomic E-state index is 11.5. The molecule has 1 unspecified atom stereocenters. The smallest absolute Gasteiger partial charge is 0.225 e. The summed E-state index contributed by atoms with van der Waals surface area (Å²) in [5.74, 6) is 2.31. The van der Waals surface area contributed by atoms with Crippen molar-refractivity contribution in [1.82, 2.24) is 5.32 Å². The third-order valence-electron chi connectivity index (χ3n) is 1.94. The van der Waals surface area contributed by atoms with Crippen LogP contribution in [-0.4, -0.2) is 18.0 Å². The van der Waals surface area contributed by atoms with Gasteiger partial charge in [0, 0.05) is 12.5 Å². The first-order chi connectivity index (χ1) is 5.96. The summed E-state index contributed by atoms with van der Waals surface area (Å²) in [6.07, 6.45) is 5.98. The Balaban J connectivity index is 4.23. The maximum Gasteiger partial charge on any atom is 0.225 e. The van der Waals surface area contributed by atoms with Crippen LogP contribution >= 0.6 is 0 Å². The van der Waals surface area contributed by atoms with Gasteiger partial charge >= 0.3 is 0 Å². The molecule has 0 fully saturated rings. The average molecular weight is 182 g/mol. The fraction of sp³-hybridized carbons (Fsp3) is 0.700. The van der Waals surface area contributed by atoms with Crippen molar-refractivity contribution in [2.75, 3.05) is 6.54 Å². The summed E-state index contributed by atoms with van der Waals surface area (Å²) in [7, 11) is 0. The minimum absolute atomic E-state index is 0.0621. The normalized spacial score (nSPS) is 13.2. The SMILES string of the molecule is C#CC(C)(C)NC(=O)C(CC)CN. The molecule has 3 N–H and O–H groups in total. The zero-order chi connectivity index (χ0) is 10.5. The minimum Gasteiger partial charge on any atom is -0.340 e. The van der Waals surface area contributed by atoms with E-state index in [-0.39, 0.29) is 11.8 Å². The van der Waals surface area contributed by atoms with Gasteiger partial charge < -0.3 is 11.1 Å². The molecule has 3 heteroatoms. The number of terminal acetylenes is 1. The number of carbonyl (C=O) groups excluding carboxylic acids is 1. The van der Waals surface area contributed by atoms with E-state index < -0.39 is 5.54 Å². The van der Waals surface area contributed by atoms with E-state index in [4.69, 9.17) is 12.2 Å². The van der Waals surface area contributed by atoms with Crippen molar-refractivity contribution < 1.29 is 4.79 Å². The van der Waals surface area contributed by atoms with Crippen molar-refractivity contribution >= 4 is 5.91 Å². The van der Waals surface area contributed by atoms with Crippen LogP contribution in [0.1, 0.15) is 27.2 Å². The molecule has 0 aromatic heterocycles. The number of rotatable bonds is 4. The topological polar surface area (TPSA) is 55.1 Å². The van der Waals surface area contributed by atoms with Gasteiger partial charge in [0.05, 0.1) is 5.54 Å². The highest BCUT2D eigenvalue weighted by Gasteiger charge is 2.21. The summed E-state index contributed by atoms with van der Waals surface area (Å²) in [4.78, 5) is 11.5. The van der Waals surface area contributed by atoms with Crippen LogP contribution in [0.4, 0.5) is 0 Å². The van der Waals surface area contributed by atoms with E-state index in [1.54, 1.807) is 13.8 Å². The van der Waals surface area contributed by atoms with Gasteiger partial charge in [-0.1, -0.05) is 12.8 Å². The molecule has 0 spiro atoms. The van der Waals surface area contributed by atoms with Gasteiger partial charge in [0.1, 0.15) is 0 Å². The van der Waals surface area contributed by atoms with Gasteiger partial charge in [-0.15, -0.1) is 6.42 Å². The van der Waals surface area contributed by atoms with Gasteiger partial charge in [-0.3, -0.25) is 4.79 Å². The van der Waals surface area contributed by atoms with Gasteiger partial charge in [0.15, 0.2) is 0 Å². The quantitative estimate of drug-likeness (QED) is 0.622. The van der Waals surface area contributed by atoms with Crippen LogP contribution in [0, 0.1) is 18.3 Å². The first-order valence-electron chi connectivity index (χ1n) is 4.46. The van der Waals surface area contributed by atoms with Gasteiger partial charge in [0.2, 0.25) is 5.91 Å². The highest BCUT2D eigenvalue weighted by atomic mass is 16.2. The summed E-state index contributed by atoms with van der Waals surface area (Å²) in [6, 6.07) is 0. The molecular weight excluding hydrogens is 164 g/mol. The second kappa shape index (κ2) is 4.88. The Morgan fingerprint density at radius 2 is 2.23 bits per heavy atom. The van der Waals surface area contributed by atoms with E-state index in [0.29, 0.717) is 6.54 Å². The van der Waals surface area contributed by atoms with Gasteiger partial charge in [-0.2, -0.15) is 0 Å². The lowest BCUT2D eigenvalue weighted by molar-refractivity contribution is -0.125. The van der Waals surface area contributed by atoms with E-state index >= 15 is 0 Å². The van der Waals surface area contributed by atoms with Crippen LogP contribution in [0.25, 0.3) is 0 Å². The predicted octanol–water partition coefficient (Wildman–Crippen LogP) is 0.499. The number of hydrogen-bond acceptors (Lipinski definition) is 2. The summed E-state index contributed by atoms with van der Waals surface area (Å²) >= 11 is 0. The van der Waals surface area contributed by atoms with Crippen LogP contribution in [0.5, 0.6) is 0 Å². The second-order valence-electron chi connectivity index (χ2n) is 3.60. The Morgan fingerprint density at radius 1 is 1.69 bits per heavy atom. The van der Waals surface area contributed by atoms with Crippen molar-refractivity contribution in [2.45, 2.75) is 32.7 Å². The standard InChI is InChI=1S/C10H18N2O/c1-5-8(7-11)9(13)12-10(3,4)6-2/h2,8H,5,7,11H2,1,3-4H3,(H,12,13). The fourth-order valence-corrected chi connectivity index (χ4v) is 0.905. The lowest BCUT2D eigenvalue weighted by Gasteiger charge is -2.22. The number of carbonyl (C=O) groups is 1. The second-order valence-corrected chi connectivity index (χ2v) is 3.60. The predicted molar refractivity (Wildman–Crippen MR) is 53.9 cm³/mol. The molecule has 74 valence electrons. The van der Waals surface area contributed by atoms with E-state index in [1.165, 1.54) is 0 Å². The molecule has 0 radical (unpaired) electrons. The first kappa shape index (κ1) is 12.0. The summed E-state index contributed by atoms with van der Waals surface area (Å²) < 4.78 is 0. The molecule has 0 bridgehead atoms. The Morgan fingerprint density at radius 3 is 2.54 bits per heavy atom. The molecule has 0 aromatic rings. The minimum atomic E-state index is -0.584. The summed E-state index contributed by atoms with van der Waals surface area (Å²) in [5, 5.41) is 2.75. The molecule has 0 aliphatic rings. The van der Waals surface area contributed by atoms with Gasteiger partial charge in [0.25, 0.3) is 0 Å². The molecule has 0 saturated heterocycles. The van der Waals surface area contributed by atoms with Gasteiger partial charge in [-0.05, 0) is 20.3 Å². The molecule has 13 heavy (non-hydrogen) atoms. The monoisotopic (exact) mass is 182 g/mol. The van der Waals surface area contributed by atoms with Crippen LogP contribution in [0.15, 0.2) is 0 Å². The third-order valence-corrected chi connectivity index (χ3v) is 1.94. The van der Waals surface area contributed by atoms with Crippen molar-refractivity contribution in [3.63, 3.8) is 0 Å². The van der Waals surface area contributed by atoms with Crippen LogP contribution in [-0.2, 0) is 4.79 Å². The molecule has 1 atom stereocenters. The van der Waals surface area contributed by atoms with Crippen molar-refractivity contribution in [1.29, 1.82) is 0 Å². The van der Waals surface area contributed by atoms with Crippen molar-refractivity contribution in [2.24, 2.45) is 11.7 Å². The van der Waals surface area contributed by atoms with Crippen LogP contribution in [0.2, 0.25) is 0 Å². The highest BCUT2D eigenvalue weighted by Crippen LogP contribution is 2.05. The summed E-state index contributed by atoms with van der Waals surface area (Å²) in [6.45, 7) is 5.87. The summed E-state index contributed by atoms with van der Waals surface area (Å²) in [5.41, 5.74) is 4.85. The molecule has 0 heterocycles. The van der Waals surface area contributed by atoms with Crippen LogP contribution in [0.3, 0.4) is 0 Å². The van der Waals surface area contributed by atoms with E-state index in [2.05, 4.69) is 11.2 Å². The van der Waals surface area contributed by atoms with Crippen molar-refractivity contribution in [3.8, 4) is 12.3 Å². The maximum absolute atomic E-state index is 11.5. The molecule has 0 saturated carbocycles.